The van der Waals surface area contributed by atoms with Gasteiger partial charge in [0.05, 0.1) is 11.0 Å². The Hall–Kier alpha value is -1.06. The van der Waals surface area contributed by atoms with Crippen molar-refractivity contribution in [2.45, 2.75) is 38.1 Å². The Bertz CT molecular complexity index is 611. The number of hydrogen-bond acceptors (Lipinski definition) is 2. The standard InChI is InChI=1S/C16H21N3.ClH/c1-18-10-7-13(8-11-18)16-17-14-6-2-4-12-5-3-9-19(16)15(12)14;/h2,4,6,13H,3,5,7-11H2,1H3;1H. The highest BCUT2D eigenvalue weighted by atomic mass is 35.5. The summed E-state index contributed by atoms with van der Waals surface area (Å²) in [4.78, 5) is 7.41. The average Bonchev–Trinajstić information content (AvgIpc) is 2.82. The third-order valence-electron chi connectivity index (χ3n) is 4.79. The van der Waals surface area contributed by atoms with Gasteiger partial charge in [0.15, 0.2) is 0 Å². The first-order valence-electron chi connectivity index (χ1n) is 7.49. The first-order chi connectivity index (χ1) is 9.33. The third kappa shape index (κ3) is 2.13. The predicted molar refractivity (Wildman–Crippen MR) is 84.8 cm³/mol. The molecule has 0 atom stereocenters. The lowest BCUT2D eigenvalue weighted by Crippen LogP contribution is -2.30. The number of para-hydroxylation sites is 1. The summed E-state index contributed by atoms with van der Waals surface area (Å²) in [6.45, 7) is 3.58. The van der Waals surface area contributed by atoms with Crippen molar-refractivity contribution in [3.8, 4) is 0 Å². The molecular formula is C16H22ClN3. The smallest absolute Gasteiger partial charge is 0.113 e. The van der Waals surface area contributed by atoms with Crippen LogP contribution in [0.4, 0.5) is 0 Å². The number of hydrogen-bond donors (Lipinski definition) is 0. The molecule has 4 rings (SSSR count). The highest BCUT2D eigenvalue weighted by Gasteiger charge is 2.26. The van der Waals surface area contributed by atoms with E-state index < -0.39 is 0 Å². The topological polar surface area (TPSA) is 21.1 Å². The van der Waals surface area contributed by atoms with Crippen molar-refractivity contribution >= 4 is 23.4 Å². The number of rotatable bonds is 1. The number of halogens is 1. The van der Waals surface area contributed by atoms with E-state index in [9.17, 15) is 0 Å². The van der Waals surface area contributed by atoms with Crippen molar-refractivity contribution in [3.63, 3.8) is 0 Å². The van der Waals surface area contributed by atoms with Crippen molar-refractivity contribution in [1.82, 2.24) is 14.5 Å². The monoisotopic (exact) mass is 291 g/mol. The fourth-order valence-corrected chi connectivity index (χ4v) is 3.71. The summed E-state index contributed by atoms with van der Waals surface area (Å²) in [7, 11) is 2.22. The van der Waals surface area contributed by atoms with Gasteiger partial charge in [-0.2, -0.15) is 0 Å². The molecule has 20 heavy (non-hydrogen) atoms. The molecule has 0 aliphatic carbocycles. The second kappa shape index (κ2) is 5.38. The zero-order valence-electron chi connectivity index (χ0n) is 12.0. The molecule has 3 nitrogen and oxygen atoms in total. The molecule has 2 aliphatic heterocycles. The van der Waals surface area contributed by atoms with Crippen molar-refractivity contribution in [2.24, 2.45) is 0 Å². The van der Waals surface area contributed by atoms with E-state index in [4.69, 9.17) is 4.98 Å². The van der Waals surface area contributed by atoms with Gasteiger partial charge in [-0.05, 0) is 57.5 Å². The van der Waals surface area contributed by atoms with E-state index in [0.717, 1.165) is 6.54 Å². The molecular weight excluding hydrogens is 270 g/mol. The van der Waals surface area contributed by atoms with Crippen LogP contribution in [0.1, 0.15) is 36.6 Å². The molecule has 2 aromatic rings. The molecule has 1 aromatic heterocycles. The lowest BCUT2D eigenvalue weighted by Gasteiger charge is -2.29. The Labute approximate surface area is 126 Å². The van der Waals surface area contributed by atoms with Gasteiger partial charge in [0, 0.05) is 12.5 Å². The highest BCUT2D eigenvalue weighted by molar-refractivity contribution is 5.85. The van der Waals surface area contributed by atoms with Gasteiger partial charge in [-0.3, -0.25) is 0 Å². The molecule has 1 aromatic carbocycles. The van der Waals surface area contributed by atoms with E-state index in [1.54, 1.807) is 0 Å². The summed E-state index contributed by atoms with van der Waals surface area (Å²) in [6, 6.07) is 6.62. The zero-order valence-corrected chi connectivity index (χ0v) is 12.8. The first kappa shape index (κ1) is 13.9. The van der Waals surface area contributed by atoms with Crippen LogP contribution in [0.25, 0.3) is 11.0 Å². The highest BCUT2D eigenvalue weighted by Crippen LogP contribution is 2.33. The van der Waals surface area contributed by atoms with Crippen LogP contribution in [0.15, 0.2) is 18.2 Å². The lowest BCUT2D eigenvalue weighted by molar-refractivity contribution is 0.248. The number of benzene rings is 1. The van der Waals surface area contributed by atoms with Gasteiger partial charge in [0.25, 0.3) is 0 Å². The quantitative estimate of drug-likeness (QED) is 0.804. The largest absolute Gasteiger partial charge is 0.328 e. The fourth-order valence-electron chi connectivity index (χ4n) is 3.71. The van der Waals surface area contributed by atoms with E-state index in [0.29, 0.717) is 5.92 Å². The molecule has 0 N–H and O–H groups in total. The molecule has 0 unspecified atom stereocenters. The maximum atomic E-state index is 4.98. The molecule has 0 amide bonds. The maximum Gasteiger partial charge on any atom is 0.113 e. The molecule has 3 heterocycles. The van der Waals surface area contributed by atoms with E-state index in [-0.39, 0.29) is 12.4 Å². The molecule has 1 fully saturated rings. The minimum Gasteiger partial charge on any atom is -0.328 e. The van der Waals surface area contributed by atoms with Gasteiger partial charge < -0.3 is 9.47 Å². The molecule has 0 spiro atoms. The maximum absolute atomic E-state index is 4.98. The second-order valence-electron chi connectivity index (χ2n) is 6.09. The van der Waals surface area contributed by atoms with Crippen LogP contribution >= 0.6 is 12.4 Å². The molecule has 2 aliphatic rings. The summed E-state index contributed by atoms with van der Waals surface area (Å²) in [6.07, 6.45) is 5.00. The Balaban J connectivity index is 0.00000121. The SMILES string of the molecule is CN1CCC(c2nc3cccc4c3n2CCC4)CC1.Cl. The van der Waals surface area contributed by atoms with E-state index in [1.807, 2.05) is 0 Å². The normalized spacial score (nSPS) is 20.1. The third-order valence-corrected chi connectivity index (χ3v) is 4.79. The van der Waals surface area contributed by atoms with Gasteiger partial charge in [-0.25, -0.2) is 4.98 Å². The number of piperidine rings is 1. The summed E-state index contributed by atoms with van der Waals surface area (Å²) in [5.41, 5.74) is 4.13. The van der Waals surface area contributed by atoms with E-state index >= 15 is 0 Å². The predicted octanol–water partition coefficient (Wildman–Crippen LogP) is 3.21. The number of likely N-dealkylation sites (tertiary alicyclic amines) is 1. The van der Waals surface area contributed by atoms with Gasteiger partial charge in [-0.1, -0.05) is 12.1 Å². The molecule has 4 heteroatoms. The van der Waals surface area contributed by atoms with E-state index in [1.165, 1.54) is 61.2 Å². The summed E-state index contributed by atoms with van der Waals surface area (Å²) < 4.78 is 2.52. The van der Waals surface area contributed by atoms with Crippen LogP contribution in [0.5, 0.6) is 0 Å². The lowest BCUT2D eigenvalue weighted by atomic mass is 9.96. The number of aromatic nitrogens is 2. The van der Waals surface area contributed by atoms with Gasteiger partial charge in [0.2, 0.25) is 0 Å². The number of imidazole rings is 1. The van der Waals surface area contributed by atoms with Crippen LogP contribution in [0.3, 0.4) is 0 Å². The van der Waals surface area contributed by atoms with Gasteiger partial charge in [-0.15, -0.1) is 12.4 Å². The average molecular weight is 292 g/mol. The van der Waals surface area contributed by atoms with Crippen molar-refractivity contribution in [3.05, 3.63) is 29.6 Å². The molecule has 1 saturated heterocycles. The van der Waals surface area contributed by atoms with Crippen LogP contribution < -0.4 is 0 Å². The second-order valence-corrected chi connectivity index (χ2v) is 6.09. The minimum absolute atomic E-state index is 0. The molecule has 108 valence electrons. The molecule has 0 saturated carbocycles. The summed E-state index contributed by atoms with van der Waals surface area (Å²) >= 11 is 0. The van der Waals surface area contributed by atoms with Gasteiger partial charge in [0.1, 0.15) is 5.82 Å². The summed E-state index contributed by atoms with van der Waals surface area (Å²) in [5, 5.41) is 0. The Morgan fingerprint density at radius 3 is 2.75 bits per heavy atom. The van der Waals surface area contributed by atoms with Crippen LogP contribution in [-0.4, -0.2) is 34.6 Å². The minimum atomic E-state index is 0. The van der Waals surface area contributed by atoms with Crippen LogP contribution in [0.2, 0.25) is 0 Å². The van der Waals surface area contributed by atoms with Crippen LogP contribution in [-0.2, 0) is 13.0 Å². The van der Waals surface area contributed by atoms with E-state index in [2.05, 4.69) is 34.7 Å². The van der Waals surface area contributed by atoms with Crippen LogP contribution in [0, 0.1) is 0 Å². The Kier molecular flexibility index (Phi) is 3.74. The van der Waals surface area contributed by atoms with Gasteiger partial charge >= 0.3 is 0 Å². The number of aryl methyl sites for hydroxylation is 2. The van der Waals surface area contributed by atoms with Crippen molar-refractivity contribution in [1.29, 1.82) is 0 Å². The van der Waals surface area contributed by atoms with Crippen molar-refractivity contribution < 1.29 is 0 Å². The zero-order chi connectivity index (χ0) is 12.8. The molecule has 0 radical (unpaired) electrons. The Morgan fingerprint density at radius 1 is 1.15 bits per heavy atom. The Morgan fingerprint density at radius 2 is 1.95 bits per heavy atom. The summed E-state index contributed by atoms with van der Waals surface area (Å²) in [5.74, 6) is 2.02. The molecule has 0 bridgehead atoms. The fraction of sp³-hybridized carbons (Fsp3) is 0.562. The van der Waals surface area contributed by atoms with Crippen molar-refractivity contribution in [2.75, 3.05) is 20.1 Å². The number of nitrogens with zero attached hydrogens (tertiary/aromatic N) is 3. The first-order valence-corrected chi connectivity index (χ1v) is 7.49.